The number of esters is 1. The maximum atomic E-state index is 13.3. The summed E-state index contributed by atoms with van der Waals surface area (Å²) in [6, 6.07) is 20.9. The van der Waals surface area contributed by atoms with Crippen LogP contribution in [0.2, 0.25) is 0 Å². The van der Waals surface area contributed by atoms with Crippen molar-refractivity contribution in [3.63, 3.8) is 0 Å². The van der Waals surface area contributed by atoms with Gasteiger partial charge in [-0.2, -0.15) is 23.1 Å². The Balaban J connectivity index is 1.23. The fourth-order valence-electron chi connectivity index (χ4n) is 7.30. The van der Waals surface area contributed by atoms with Gasteiger partial charge in [0.15, 0.2) is 23.1 Å². The van der Waals surface area contributed by atoms with Crippen molar-refractivity contribution in [1.82, 2.24) is 35.1 Å². The lowest BCUT2D eigenvalue weighted by atomic mass is 9.91. The zero-order chi connectivity index (χ0) is 39.4. The maximum absolute atomic E-state index is 13.3. The molecule has 5 aromatic rings. The number of hydrogen-bond donors (Lipinski definition) is 4. The molecule has 1 aliphatic heterocycles. The molecule has 0 bridgehead atoms. The minimum atomic E-state index is -5.32. The van der Waals surface area contributed by atoms with E-state index in [1.165, 1.54) is 17.1 Å². The second kappa shape index (κ2) is 16.3. The number of hydrogen-bond acceptors (Lipinski definition) is 11. The number of aliphatic hydroxyl groups excluding tert-OH is 1. The topological polar surface area (TPSA) is 176 Å². The number of rotatable bonds is 12. The molecule has 0 unspecified atom stereocenters. The molecule has 2 amide bonds. The Morgan fingerprint density at radius 1 is 0.982 bits per heavy atom. The first-order chi connectivity index (χ1) is 27.0. The molecule has 7 rings (SSSR count). The van der Waals surface area contributed by atoms with Gasteiger partial charge in [-0.05, 0) is 36.1 Å². The number of carbonyl (C=O) groups excluding carboxylic acids is 3. The number of benzene rings is 2. The first kappa shape index (κ1) is 38.2. The third-order valence-electron chi connectivity index (χ3n) is 10.1. The molecular formula is C39H40F3N9O5. The SMILES string of the molecule is CCC(=O)N[C@H]1C[C@@H](n2cnc3c(NCC(c4ccccc4)c4ccccc4)nc(N4CC[C@@H](NC(=O)c5cccnc5)C4)nc32)[C@H](O)[C@@H]1OC(=O)C(F)(F)F. The van der Waals surface area contributed by atoms with Gasteiger partial charge in [0, 0.05) is 50.4 Å². The number of ether oxygens (including phenoxy) is 1. The molecular weight excluding hydrogens is 731 g/mol. The smallest absolute Gasteiger partial charge is 0.451 e. The third kappa shape index (κ3) is 8.27. The van der Waals surface area contributed by atoms with Gasteiger partial charge < -0.3 is 35.3 Å². The van der Waals surface area contributed by atoms with Gasteiger partial charge in [-0.1, -0.05) is 67.6 Å². The summed E-state index contributed by atoms with van der Waals surface area (Å²) in [4.78, 5) is 57.6. The zero-order valence-electron chi connectivity index (χ0n) is 30.3. The Hall–Kier alpha value is -6.10. The third-order valence-corrected chi connectivity index (χ3v) is 10.1. The molecule has 56 heavy (non-hydrogen) atoms. The first-order valence-corrected chi connectivity index (χ1v) is 18.3. The average molecular weight is 772 g/mol. The lowest BCUT2D eigenvalue weighted by Gasteiger charge is -2.24. The average Bonchev–Trinajstić information content (AvgIpc) is 3.93. The highest BCUT2D eigenvalue weighted by Gasteiger charge is 2.51. The lowest BCUT2D eigenvalue weighted by molar-refractivity contribution is -0.209. The first-order valence-electron chi connectivity index (χ1n) is 18.3. The van der Waals surface area contributed by atoms with E-state index in [9.17, 15) is 32.7 Å². The second-order valence-corrected chi connectivity index (χ2v) is 13.8. The molecule has 1 aliphatic carbocycles. The number of pyridine rings is 1. The Labute approximate surface area is 319 Å². The van der Waals surface area contributed by atoms with Crippen molar-refractivity contribution in [1.29, 1.82) is 0 Å². The number of anilines is 2. The predicted octanol–water partition coefficient (Wildman–Crippen LogP) is 4.15. The van der Waals surface area contributed by atoms with Crippen molar-refractivity contribution in [3.8, 4) is 0 Å². The number of aliphatic hydroxyl groups is 1. The predicted molar refractivity (Wildman–Crippen MR) is 199 cm³/mol. The molecule has 0 radical (unpaired) electrons. The molecule has 0 spiro atoms. The highest BCUT2D eigenvalue weighted by Crippen LogP contribution is 2.38. The van der Waals surface area contributed by atoms with Crippen molar-refractivity contribution in [2.75, 3.05) is 29.9 Å². The summed E-state index contributed by atoms with van der Waals surface area (Å²) >= 11 is 0. The molecule has 1 saturated carbocycles. The number of imidazole rings is 1. The number of nitrogens with zero attached hydrogens (tertiary/aromatic N) is 6. The molecule has 14 nitrogen and oxygen atoms in total. The summed E-state index contributed by atoms with van der Waals surface area (Å²) < 4.78 is 46.3. The van der Waals surface area contributed by atoms with E-state index in [1.807, 2.05) is 65.6 Å². The highest BCUT2D eigenvalue weighted by molar-refractivity contribution is 5.94. The van der Waals surface area contributed by atoms with Gasteiger partial charge in [-0.25, -0.2) is 9.78 Å². The van der Waals surface area contributed by atoms with Crippen molar-refractivity contribution in [2.24, 2.45) is 0 Å². The van der Waals surface area contributed by atoms with E-state index in [2.05, 4.69) is 25.9 Å². The number of halogens is 3. The van der Waals surface area contributed by atoms with Crippen LogP contribution in [-0.4, -0.2) is 97.5 Å². The number of nitrogens with one attached hydrogen (secondary N) is 3. The highest BCUT2D eigenvalue weighted by atomic mass is 19.4. The van der Waals surface area contributed by atoms with E-state index in [-0.39, 0.29) is 36.4 Å². The normalized spacial score (nSPS) is 21.0. The fourth-order valence-corrected chi connectivity index (χ4v) is 7.30. The van der Waals surface area contributed by atoms with Crippen molar-refractivity contribution in [2.45, 2.75) is 68.6 Å². The van der Waals surface area contributed by atoms with E-state index in [4.69, 9.17) is 14.7 Å². The Bertz CT molecular complexity index is 2120. The number of amides is 2. The van der Waals surface area contributed by atoms with Gasteiger partial charge in [-0.15, -0.1) is 0 Å². The van der Waals surface area contributed by atoms with Gasteiger partial charge >= 0.3 is 12.1 Å². The van der Waals surface area contributed by atoms with Crippen LogP contribution in [0.1, 0.15) is 59.6 Å². The monoisotopic (exact) mass is 771 g/mol. The second-order valence-electron chi connectivity index (χ2n) is 13.8. The lowest BCUT2D eigenvalue weighted by Crippen LogP contribution is -2.47. The molecule has 2 aliphatic rings. The van der Waals surface area contributed by atoms with Gasteiger partial charge in [0.2, 0.25) is 11.9 Å². The van der Waals surface area contributed by atoms with E-state index in [0.29, 0.717) is 48.9 Å². The van der Waals surface area contributed by atoms with Crippen molar-refractivity contribution < 1.29 is 37.4 Å². The molecule has 2 aromatic carbocycles. The Morgan fingerprint density at radius 2 is 1.70 bits per heavy atom. The summed E-state index contributed by atoms with van der Waals surface area (Å²) in [5.74, 6) is -2.68. The summed E-state index contributed by atoms with van der Waals surface area (Å²) in [7, 11) is 0. The molecule has 4 N–H and O–H groups in total. The van der Waals surface area contributed by atoms with Gasteiger partial charge in [0.05, 0.1) is 24.0 Å². The summed E-state index contributed by atoms with van der Waals surface area (Å²) in [6.07, 6.45) is -3.70. The van der Waals surface area contributed by atoms with Crippen LogP contribution in [-0.2, 0) is 14.3 Å². The zero-order valence-corrected chi connectivity index (χ0v) is 30.3. The molecule has 17 heteroatoms. The van der Waals surface area contributed by atoms with Crippen LogP contribution in [0.4, 0.5) is 24.9 Å². The summed E-state index contributed by atoms with van der Waals surface area (Å²) in [5.41, 5.74) is 3.12. The van der Waals surface area contributed by atoms with Crippen LogP contribution in [0.25, 0.3) is 11.2 Å². The largest absolute Gasteiger partial charge is 0.490 e. The van der Waals surface area contributed by atoms with Crippen LogP contribution in [0.15, 0.2) is 91.5 Å². The summed E-state index contributed by atoms with van der Waals surface area (Å²) in [6.45, 7) is 2.82. The molecule has 5 atom stereocenters. The molecule has 2 fully saturated rings. The van der Waals surface area contributed by atoms with Crippen LogP contribution in [0.3, 0.4) is 0 Å². The van der Waals surface area contributed by atoms with Gasteiger partial charge in [-0.3, -0.25) is 14.6 Å². The van der Waals surface area contributed by atoms with E-state index < -0.39 is 42.3 Å². The van der Waals surface area contributed by atoms with Crippen LogP contribution < -0.4 is 20.9 Å². The fraction of sp³-hybridized carbons (Fsp3) is 0.359. The van der Waals surface area contributed by atoms with E-state index in [1.54, 1.807) is 25.3 Å². The van der Waals surface area contributed by atoms with Gasteiger partial charge in [0.25, 0.3) is 5.91 Å². The van der Waals surface area contributed by atoms with E-state index >= 15 is 0 Å². The quantitative estimate of drug-likeness (QED) is 0.134. The Kier molecular flexibility index (Phi) is 11.1. The molecule has 4 heterocycles. The summed E-state index contributed by atoms with van der Waals surface area (Å²) in [5, 5.41) is 20.6. The Morgan fingerprint density at radius 3 is 2.34 bits per heavy atom. The van der Waals surface area contributed by atoms with Gasteiger partial charge in [0.1, 0.15) is 6.10 Å². The number of alkyl halides is 3. The molecule has 1 saturated heterocycles. The number of aromatic nitrogens is 5. The molecule has 3 aromatic heterocycles. The van der Waals surface area contributed by atoms with E-state index in [0.717, 1.165) is 11.1 Å². The van der Waals surface area contributed by atoms with Crippen molar-refractivity contribution >= 4 is 40.7 Å². The number of carbonyl (C=O) groups is 3. The van der Waals surface area contributed by atoms with Crippen molar-refractivity contribution in [3.05, 3.63) is 108 Å². The maximum Gasteiger partial charge on any atom is 0.490 e. The minimum absolute atomic E-state index is 0.0172. The minimum Gasteiger partial charge on any atom is -0.451 e. The number of fused-ring (bicyclic) bond motifs is 1. The standard InChI is InChI=1S/C39H40F3N9O5/c1-2-30(52)47-28-18-29(32(53)33(28)56-37(55)39(40,41)42)51-22-45-31-34(44-20-27(23-10-5-3-6-11-23)24-12-7-4-8-13-24)48-38(49-35(31)51)50-17-15-26(21-50)46-36(54)25-14-9-16-43-19-25/h3-14,16,19,22,26-29,32-33,53H,2,15,17-18,20-21H2,1H3,(H,46,54)(H,47,52)(H,44,48,49)/t26-,28+,29-,32+,33-/m1/s1. The molecule has 292 valence electrons. The van der Waals surface area contributed by atoms with Crippen LogP contribution >= 0.6 is 0 Å². The van der Waals surface area contributed by atoms with Crippen LogP contribution in [0, 0.1) is 0 Å². The van der Waals surface area contributed by atoms with Crippen LogP contribution in [0.5, 0.6) is 0 Å².